The minimum atomic E-state index is -0.132. The van der Waals surface area contributed by atoms with E-state index in [0.717, 1.165) is 37.0 Å². The van der Waals surface area contributed by atoms with Crippen LogP contribution in [0, 0.1) is 11.8 Å². The Morgan fingerprint density at radius 2 is 1.95 bits per heavy atom. The summed E-state index contributed by atoms with van der Waals surface area (Å²) in [5.41, 5.74) is 2.19. The number of aliphatic hydroxyl groups excluding tert-OH is 1. The Hall–Kier alpha value is -1.79. The van der Waals surface area contributed by atoms with Crippen LogP contribution in [0.2, 0.25) is 0 Å². The van der Waals surface area contributed by atoms with Crippen LogP contribution < -0.4 is 0 Å². The lowest BCUT2D eigenvalue weighted by Crippen LogP contribution is -2.29. The van der Waals surface area contributed by atoms with Crippen molar-refractivity contribution in [2.75, 3.05) is 19.6 Å². The molecule has 1 saturated heterocycles. The SMILES string of the molecule is O=C(CN1C[C@H]2CC(O)C[C@H]2C1)c1ccc2n[nH]nc2c1. The number of carbonyl (C=O) groups is 1. The maximum Gasteiger partial charge on any atom is 0.176 e. The summed E-state index contributed by atoms with van der Waals surface area (Å²) in [4.78, 5) is 14.6. The molecule has 1 aliphatic heterocycles. The van der Waals surface area contributed by atoms with Crippen LogP contribution in [-0.2, 0) is 0 Å². The van der Waals surface area contributed by atoms with Gasteiger partial charge < -0.3 is 5.11 Å². The molecule has 0 spiro atoms. The van der Waals surface area contributed by atoms with Gasteiger partial charge in [-0.25, -0.2) is 0 Å². The molecular formula is C15H18N4O2. The van der Waals surface area contributed by atoms with E-state index in [9.17, 15) is 9.90 Å². The van der Waals surface area contributed by atoms with Crippen molar-refractivity contribution in [3.05, 3.63) is 23.8 Å². The van der Waals surface area contributed by atoms with E-state index in [4.69, 9.17) is 0 Å². The number of nitrogens with one attached hydrogen (secondary N) is 1. The number of rotatable bonds is 3. The standard InChI is InChI=1S/C15H18N4O2/c20-12-3-10-6-19(7-11(10)4-12)8-15(21)9-1-2-13-14(5-9)17-18-16-13/h1-2,5,10-12,20H,3-4,6-8H2,(H,16,17,18)/t10-,11+,12?. The average Bonchev–Trinajstić information content (AvgIpc) is 3.11. The highest BCUT2D eigenvalue weighted by atomic mass is 16.3. The average molecular weight is 286 g/mol. The van der Waals surface area contributed by atoms with E-state index in [-0.39, 0.29) is 11.9 Å². The van der Waals surface area contributed by atoms with Crippen LogP contribution in [0.1, 0.15) is 23.2 Å². The summed E-state index contributed by atoms with van der Waals surface area (Å²) in [5, 5.41) is 20.2. The van der Waals surface area contributed by atoms with Crippen molar-refractivity contribution in [3.63, 3.8) is 0 Å². The Balaban J connectivity index is 1.44. The van der Waals surface area contributed by atoms with Gasteiger partial charge in [0.1, 0.15) is 11.0 Å². The zero-order valence-electron chi connectivity index (χ0n) is 11.7. The summed E-state index contributed by atoms with van der Waals surface area (Å²) in [6.45, 7) is 2.31. The van der Waals surface area contributed by atoms with E-state index in [1.165, 1.54) is 0 Å². The van der Waals surface area contributed by atoms with Crippen molar-refractivity contribution < 1.29 is 9.90 Å². The lowest BCUT2D eigenvalue weighted by atomic mass is 10.0. The molecule has 6 heteroatoms. The zero-order chi connectivity index (χ0) is 14.4. The van der Waals surface area contributed by atoms with Gasteiger partial charge in [0.25, 0.3) is 0 Å². The molecule has 2 fully saturated rings. The second-order valence-corrected chi connectivity index (χ2v) is 6.29. The third kappa shape index (κ3) is 2.34. The molecule has 1 aliphatic carbocycles. The molecule has 1 unspecified atom stereocenters. The van der Waals surface area contributed by atoms with Crippen LogP contribution >= 0.6 is 0 Å². The third-order valence-electron chi connectivity index (χ3n) is 4.81. The number of likely N-dealkylation sites (tertiary alicyclic amines) is 1. The van der Waals surface area contributed by atoms with Gasteiger partial charge in [-0.05, 0) is 42.9 Å². The molecule has 1 aromatic carbocycles. The van der Waals surface area contributed by atoms with E-state index in [0.29, 0.717) is 23.9 Å². The molecule has 1 aromatic heterocycles. The van der Waals surface area contributed by atoms with Gasteiger partial charge in [-0.15, -0.1) is 0 Å². The number of Topliss-reactive ketones (excluding diaryl/α,β-unsaturated/α-hetero) is 1. The molecule has 3 atom stereocenters. The van der Waals surface area contributed by atoms with Gasteiger partial charge in [-0.2, -0.15) is 15.4 Å². The van der Waals surface area contributed by atoms with Crippen molar-refractivity contribution in [2.24, 2.45) is 11.8 Å². The first-order chi connectivity index (χ1) is 10.2. The molecule has 0 bridgehead atoms. The number of ketones is 1. The summed E-state index contributed by atoms with van der Waals surface area (Å²) in [7, 11) is 0. The number of nitrogens with zero attached hydrogens (tertiary/aromatic N) is 3. The number of hydrogen-bond acceptors (Lipinski definition) is 5. The van der Waals surface area contributed by atoms with E-state index in [2.05, 4.69) is 20.3 Å². The number of H-pyrrole nitrogens is 1. The smallest absolute Gasteiger partial charge is 0.176 e. The fourth-order valence-corrected chi connectivity index (χ4v) is 3.80. The fourth-order valence-electron chi connectivity index (χ4n) is 3.80. The topological polar surface area (TPSA) is 82.1 Å². The molecule has 0 radical (unpaired) electrons. The van der Waals surface area contributed by atoms with E-state index < -0.39 is 0 Å². The van der Waals surface area contributed by atoms with E-state index in [1.54, 1.807) is 6.07 Å². The van der Waals surface area contributed by atoms with Gasteiger partial charge >= 0.3 is 0 Å². The number of hydrogen-bond donors (Lipinski definition) is 2. The number of aromatic nitrogens is 3. The number of benzene rings is 1. The Labute approximate surface area is 122 Å². The monoisotopic (exact) mass is 286 g/mol. The second-order valence-electron chi connectivity index (χ2n) is 6.29. The number of aliphatic hydroxyl groups is 1. The van der Waals surface area contributed by atoms with Crippen molar-refractivity contribution in [2.45, 2.75) is 18.9 Å². The number of aromatic amines is 1. The van der Waals surface area contributed by atoms with E-state index >= 15 is 0 Å². The maximum absolute atomic E-state index is 12.4. The number of fused-ring (bicyclic) bond motifs is 2. The quantitative estimate of drug-likeness (QED) is 0.817. The highest BCUT2D eigenvalue weighted by Crippen LogP contribution is 2.37. The van der Waals surface area contributed by atoms with Gasteiger partial charge in [0, 0.05) is 18.7 Å². The highest BCUT2D eigenvalue weighted by Gasteiger charge is 2.40. The molecule has 2 N–H and O–H groups in total. The van der Waals surface area contributed by atoms with Gasteiger partial charge in [-0.3, -0.25) is 9.69 Å². The van der Waals surface area contributed by atoms with Crippen LogP contribution in [0.3, 0.4) is 0 Å². The molecule has 4 rings (SSSR count). The summed E-state index contributed by atoms with van der Waals surface area (Å²) < 4.78 is 0. The predicted octanol–water partition coefficient (Wildman–Crippen LogP) is 0.843. The molecular weight excluding hydrogens is 268 g/mol. The molecule has 6 nitrogen and oxygen atoms in total. The largest absolute Gasteiger partial charge is 0.393 e. The first-order valence-electron chi connectivity index (χ1n) is 7.43. The van der Waals surface area contributed by atoms with Gasteiger partial charge in [0.2, 0.25) is 0 Å². The molecule has 2 aromatic rings. The van der Waals surface area contributed by atoms with Crippen molar-refractivity contribution >= 4 is 16.8 Å². The van der Waals surface area contributed by atoms with Crippen molar-refractivity contribution in [3.8, 4) is 0 Å². The van der Waals surface area contributed by atoms with E-state index in [1.807, 2.05) is 12.1 Å². The first kappa shape index (κ1) is 12.9. The van der Waals surface area contributed by atoms with Gasteiger partial charge in [0.05, 0.1) is 12.6 Å². The van der Waals surface area contributed by atoms with Gasteiger partial charge in [0.15, 0.2) is 5.78 Å². The normalized spacial score (nSPS) is 29.1. The molecule has 110 valence electrons. The lowest BCUT2D eigenvalue weighted by molar-refractivity contribution is 0.0935. The Morgan fingerprint density at radius 3 is 2.71 bits per heavy atom. The summed E-state index contributed by atoms with van der Waals surface area (Å²) in [6.07, 6.45) is 1.65. The zero-order valence-corrected chi connectivity index (χ0v) is 11.7. The van der Waals surface area contributed by atoms with Crippen molar-refractivity contribution in [1.82, 2.24) is 20.3 Å². The van der Waals surface area contributed by atoms with Gasteiger partial charge in [-0.1, -0.05) is 0 Å². The first-order valence-corrected chi connectivity index (χ1v) is 7.43. The number of carbonyl (C=O) groups excluding carboxylic acids is 1. The molecule has 2 heterocycles. The highest BCUT2D eigenvalue weighted by molar-refractivity contribution is 6.00. The van der Waals surface area contributed by atoms with Crippen LogP contribution in [0.15, 0.2) is 18.2 Å². The minimum Gasteiger partial charge on any atom is -0.393 e. The Morgan fingerprint density at radius 1 is 1.24 bits per heavy atom. The summed E-state index contributed by atoms with van der Waals surface area (Å²) >= 11 is 0. The molecule has 21 heavy (non-hydrogen) atoms. The molecule has 0 amide bonds. The third-order valence-corrected chi connectivity index (χ3v) is 4.81. The summed E-state index contributed by atoms with van der Waals surface area (Å²) in [6, 6.07) is 5.43. The Bertz CT molecular complexity index is 669. The fraction of sp³-hybridized carbons (Fsp3) is 0.533. The van der Waals surface area contributed by atoms with Crippen LogP contribution in [0.25, 0.3) is 11.0 Å². The van der Waals surface area contributed by atoms with Crippen LogP contribution in [0.4, 0.5) is 0 Å². The molecule has 1 saturated carbocycles. The summed E-state index contributed by atoms with van der Waals surface area (Å²) in [5.74, 6) is 1.25. The minimum absolute atomic E-state index is 0.125. The lowest BCUT2D eigenvalue weighted by Gasteiger charge is -2.16. The second kappa shape index (κ2) is 4.89. The maximum atomic E-state index is 12.4. The molecule has 2 aliphatic rings. The van der Waals surface area contributed by atoms with Crippen molar-refractivity contribution in [1.29, 1.82) is 0 Å². The predicted molar refractivity (Wildman–Crippen MR) is 76.9 cm³/mol. The van der Waals surface area contributed by atoms with Crippen LogP contribution in [-0.4, -0.2) is 56.9 Å². The van der Waals surface area contributed by atoms with Crippen LogP contribution in [0.5, 0.6) is 0 Å². The Kier molecular flexibility index (Phi) is 3.01.